The fourth-order valence-electron chi connectivity index (χ4n) is 1.46. The molecule has 0 atom stereocenters. The predicted molar refractivity (Wildman–Crippen MR) is 71.6 cm³/mol. The van der Waals surface area contributed by atoms with Crippen LogP contribution in [0.1, 0.15) is 39.4 Å². The second kappa shape index (κ2) is 5.20. The second-order valence-electron chi connectivity index (χ2n) is 4.95. The minimum Gasteiger partial charge on any atom is -0.480 e. The number of thioether (sulfide) groups is 1. The number of aromatic nitrogens is 2. The summed E-state index contributed by atoms with van der Waals surface area (Å²) >= 11 is 0.944. The molecule has 7 nitrogen and oxygen atoms in total. The van der Waals surface area contributed by atoms with E-state index in [1.807, 2.05) is 13.8 Å². The molecule has 0 fully saturated rings. The molecule has 8 heteroatoms. The number of aryl methyl sites for hydroxylation is 1. The van der Waals surface area contributed by atoms with Crippen LogP contribution in [0, 0.1) is 17.0 Å². The summed E-state index contributed by atoms with van der Waals surface area (Å²) in [5, 5.41) is 24.7. The third-order valence-electron chi connectivity index (χ3n) is 2.55. The van der Waals surface area contributed by atoms with Crippen molar-refractivity contribution < 1.29 is 14.8 Å². The van der Waals surface area contributed by atoms with Crippen LogP contribution < -0.4 is 0 Å². The van der Waals surface area contributed by atoms with E-state index in [-0.39, 0.29) is 16.8 Å². The van der Waals surface area contributed by atoms with E-state index in [1.165, 1.54) is 18.5 Å². The lowest BCUT2D eigenvalue weighted by molar-refractivity contribution is -0.388. The summed E-state index contributed by atoms with van der Waals surface area (Å²) in [7, 11) is 0. The summed E-state index contributed by atoms with van der Waals surface area (Å²) in [6.07, 6.45) is 0. The van der Waals surface area contributed by atoms with E-state index in [9.17, 15) is 14.9 Å². The Morgan fingerprint density at radius 1 is 1.53 bits per heavy atom. The molecule has 0 amide bonds. The zero-order valence-corrected chi connectivity index (χ0v) is 12.3. The lowest BCUT2D eigenvalue weighted by Gasteiger charge is -2.19. The molecule has 1 heterocycles. The molecule has 1 aromatic heterocycles. The summed E-state index contributed by atoms with van der Waals surface area (Å²) in [5.41, 5.74) is 0.176. The van der Waals surface area contributed by atoms with Crippen LogP contribution in [-0.2, 0) is 4.79 Å². The monoisotopic (exact) mass is 287 g/mol. The first kappa shape index (κ1) is 15.5. The fraction of sp³-hybridized carbons (Fsp3) is 0.636. The summed E-state index contributed by atoms with van der Waals surface area (Å²) in [6.45, 7) is 8.25. The molecule has 0 aliphatic carbocycles. The Kier molecular flexibility index (Phi) is 4.24. The van der Waals surface area contributed by atoms with E-state index in [0.717, 1.165) is 11.8 Å². The van der Waals surface area contributed by atoms with Crippen molar-refractivity contribution in [3.63, 3.8) is 0 Å². The Morgan fingerprint density at radius 2 is 2.05 bits per heavy atom. The number of carboxylic acid groups (broad SMARTS) is 1. The van der Waals surface area contributed by atoms with Gasteiger partial charge in [0.1, 0.15) is 10.4 Å². The molecule has 0 saturated carbocycles. The fourth-order valence-corrected chi connectivity index (χ4v) is 2.69. The SMILES string of the molecule is Cc1nn(C(C)C)c(SC(C)(C)C(=O)O)c1[N+](=O)[O-]. The first-order chi connectivity index (χ1) is 8.58. The molecular weight excluding hydrogens is 270 g/mol. The number of hydrogen-bond donors (Lipinski definition) is 1. The second-order valence-corrected chi connectivity index (χ2v) is 6.56. The van der Waals surface area contributed by atoms with Crippen LogP contribution in [0.5, 0.6) is 0 Å². The predicted octanol–water partition coefficient (Wildman–Crippen LogP) is 2.64. The van der Waals surface area contributed by atoms with Crippen molar-refractivity contribution in [1.29, 1.82) is 0 Å². The van der Waals surface area contributed by atoms with E-state index in [2.05, 4.69) is 5.10 Å². The molecule has 1 aromatic rings. The summed E-state index contributed by atoms with van der Waals surface area (Å²) in [6, 6.07) is -0.0838. The Hall–Kier alpha value is -1.57. The van der Waals surface area contributed by atoms with Gasteiger partial charge in [-0.3, -0.25) is 14.9 Å². The van der Waals surface area contributed by atoms with E-state index >= 15 is 0 Å². The van der Waals surface area contributed by atoms with Crippen molar-refractivity contribution in [1.82, 2.24) is 9.78 Å². The first-order valence-electron chi connectivity index (χ1n) is 5.73. The van der Waals surface area contributed by atoms with Gasteiger partial charge < -0.3 is 5.11 Å². The smallest absolute Gasteiger partial charge is 0.323 e. The zero-order valence-electron chi connectivity index (χ0n) is 11.5. The Balaban J connectivity index is 3.39. The van der Waals surface area contributed by atoms with Crippen molar-refractivity contribution in [2.45, 2.75) is 50.4 Å². The summed E-state index contributed by atoms with van der Waals surface area (Å²) < 4.78 is 0.340. The average molecular weight is 287 g/mol. The van der Waals surface area contributed by atoms with Crippen LogP contribution in [0.25, 0.3) is 0 Å². The van der Waals surface area contributed by atoms with Gasteiger partial charge in [0.2, 0.25) is 0 Å². The topological polar surface area (TPSA) is 98.3 Å². The molecule has 106 valence electrons. The van der Waals surface area contributed by atoms with E-state index in [4.69, 9.17) is 5.11 Å². The zero-order chi connectivity index (χ0) is 15.0. The number of nitro groups is 1. The highest BCUT2D eigenvalue weighted by Crippen LogP contribution is 2.40. The van der Waals surface area contributed by atoms with Crippen LogP contribution in [0.15, 0.2) is 5.03 Å². The third kappa shape index (κ3) is 3.06. The molecule has 0 aliphatic rings. The molecule has 0 unspecified atom stereocenters. The van der Waals surface area contributed by atoms with Crippen LogP contribution >= 0.6 is 11.8 Å². The van der Waals surface area contributed by atoms with E-state index in [0.29, 0.717) is 5.69 Å². The maximum absolute atomic E-state index is 11.2. The van der Waals surface area contributed by atoms with Gasteiger partial charge in [-0.05, 0) is 34.6 Å². The van der Waals surface area contributed by atoms with Gasteiger partial charge in [0.25, 0.3) is 0 Å². The van der Waals surface area contributed by atoms with Crippen molar-refractivity contribution >= 4 is 23.4 Å². The largest absolute Gasteiger partial charge is 0.480 e. The highest BCUT2D eigenvalue weighted by molar-refractivity contribution is 8.01. The van der Waals surface area contributed by atoms with Crippen molar-refractivity contribution in [3.05, 3.63) is 15.8 Å². The van der Waals surface area contributed by atoms with Crippen molar-refractivity contribution in [3.8, 4) is 0 Å². The normalized spacial score (nSPS) is 11.9. The number of aliphatic carboxylic acids is 1. The van der Waals surface area contributed by atoms with Gasteiger partial charge in [-0.1, -0.05) is 11.8 Å². The van der Waals surface area contributed by atoms with Crippen molar-refractivity contribution in [2.24, 2.45) is 0 Å². The lowest BCUT2D eigenvalue weighted by Crippen LogP contribution is -2.27. The van der Waals surface area contributed by atoms with Crippen LogP contribution in [0.2, 0.25) is 0 Å². The Labute approximate surface area is 115 Å². The molecule has 0 aliphatic heterocycles. The average Bonchev–Trinajstić information content (AvgIpc) is 2.54. The van der Waals surface area contributed by atoms with Gasteiger partial charge in [-0.25, -0.2) is 4.68 Å². The number of rotatable bonds is 5. The maximum Gasteiger partial charge on any atom is 0.323 e. The molecule has 1 N–H and O–H groups in total. The van der Waals surface area contributed by atoms with Gasteiger partial charge in [-0.15, -0.1) is 0 Å². The molecule has 0 spiro atoms. The number of carbonyl (C=O) groups is 1. The summed E-state index contributed by atoms with van der Waals surface area (Å²) in [5.74, 6) is -1.03. The van der Waals surface area contributed by atoms with Crippen LogP contribution in [0.3, 0.4) is 0 Å². The molecular formula is C11H17N3O4S. The van der Waals surface area contributed by atoms with E-state index < -0.39 is 15.6 Å². The highest BCUT2D eigenvalue weighted by Gasteiger charge is 2.36. The molecule has 1 rings (SSSR count). The van der Waals surface area contributed by atoms with Gasteiger partial charge in [0.15, 0.2) is 5.03 Å². The van der Waals surface area contributed by atoms with Gasteiger partial charge in [0.05, 0.1) is 4.92 Å². The summed E-state index contributed by atoms with van der Waals surface area (Å²) in [4.78, 5) is 21.8. The maximum atomic E-state index is 11.2. The molecule has 0 bridgehead atoms. The standard InChI is InChI=1S/C11H17N3O4S/c1-6(2)13-9(19-11(4,5)10(15)16)8(14(17)18)7(3)12-13/h6H,1-5H3,(H,15,16). The van der Waals surface area contributed by atoms with E-state index in [1.54, 1.807) is 6.92 Å². The van der Waals surface area contributed by atoms with Gasteiger partial charge >= 0.3 is 11.7 Å². The molecule has 0 aromatic carbocycles. The molecule has 0 radical (unpaired) electrons. The van der Waals surface area contributed by atoms with Crippen LogP contribution in [-0.4, -0.2) is 30.5 Å². The van der Waals surface area contributed by atoms with Crippen molar-refractivity contribution in [2.75, 3.05) is 0 Å². The van der Waals surface area contributed by atoms with Gasteiger partial charge in [-0.2, -0.15) is 5.10 Å². The minimum atomic E-state index is -1.16. The van der Waals surface area contributed by atoms with Gasteiger partial charge in [0, 0.05) is 6.04 Å². The Morgan fingerprint density at radius 3 is 2.42 bits per heavy atom. The highest BCUT2D eigenvalue weighted by atomic mass is 32.2. The minimum absolute atomic E-state index is 0.0838. The number of nitrogens with zero attached hydrogens (tertiary/aromatic N) is 3. The lowest BCUT2D eigenvalue weighted by atomic mass is 10.2. The van der Waals surface area contributed by atoms with Crippen LogP contribution in [0.4, 0.5) is 5.69 Å². The third-order valence-corrected chi connectivity index (χ3v) is 3.81. The first-order valence-corrected chi connectivity index (χ1v) is 6.55. The number of carboxylic acids is 1. The quantitative estimate of drug-likeness (QED) is 0.508. The number of hydrogen-bond acceptors (Lipinski definition) is 5. The molecule has 0 saturated heterocycles. The Bertz CT molecular complexity index is 522. The molecule has 19 heavy (non-hydrogen) atoms.